The molecule has 0 amide bonds. The van der Waals surface area contributed by atoms with Gasteiger partial charge in [0.05, 0.1) is 36.5 Å². The van der Waals surface area contributed by atoms with Gasteiger partial charge >= 0.3 is 11.9 Å². The summed E-state index contributed by atoms with van der Waals surface area (Å²) >= 11 is 0. The van der Waals surface area contributed by atoms with Crippen molar-refractivity contribution in [1.29, 1.82) is 0 Å². The van der Waals surface area contributed by atoms with E-state index in [9.17, 15) is 23.1 Å². The number of aryl methyl sites for hydroxylation is 2. The number of pyridine rings is 1. The molecule has 0 spiro atoms. The van der Waals surface area contributed by atoms with Gasteiger partial charge in [0.15, 0.2) is 5.65 Å². The number of halogens is 3. The molecule has 0 fully saturated rings. The third kappa shape index (κ3) is 4.70. The highest BCUT2D eigenvalue weighted by atomic mass is 19.4. The molecule has 176 valence electrons. The van der Waals surface area contributed by atoms with Crippen molar-refractivity contribution in [2.24, 2.45) is 0 Å². The van der Waals surface area contributed by atoms with Crippen LogP contribution in [0, 0.1) is 6.92 Å². The Morgan fingerprint density at radius 1 is 0.973 bits per heavy atom. The zero-order chi connectivity index (χ0) is 27.4. The van der Waals surface area contributed by atoms with Crippen LogP contribution in [0.3, 0.4) is 0 Å². The molecule has 0 saturated heterocycles. The van der Waals surface area contributed by atoms with Gasteiger partial charge in [-0.3, -0.25) is 4.98 Å². The van der Waals surface area contributed by atoms with Crippen LogP contribution in [-0.4, -0.2) is 74.7 Å². The Hall–Kier alpha value is -3.41. The van der Waals surface area contributed by atoms with E-state index in [1.54, 1.807) is 13.0 Å². The quantitative estimate of drug-likeness (QED) is 0.286. The number of benzene rings is 1. The van der Waals surface area contributed by atoms with Crippen LogP contribution in [0.5, 0.6) is 0 Å². The van der Waals surface area contributed by atoms with Crippen LogP contribution >= 0.6 is 0 Å². The average Bonchev–Trinajstić information content (AvgIpc) is 3.16. The van der Waals surface area contributed by atoms with Crippen molar-refractivity contribution in [1.82, 2.24) is 24.1 Å². The number of aliphatic hydroxyl groups excluding tert-OH is 1. The molecule has 3 heterocycles. The lowest BCUT2D eigenvalue weighted by molar-refractivity contribution is -0.137. The molecule has 0 aliphatic heterocycles. The lowest BCUT2D eigenvalue weighted by Gasteiger charge is -2.23. The number of rotatable bonds is 5. The van der Waals surface area contributed by atoms with Gasteiger partial charge in [0.1, 0.15) is 39.2 Å². The van der Waals surface area contributed by atoms with E-state index in [-0.39, 0.29) is 55.5 Å². The highest BCUT2D eigenvalue weighted by Gasteiger charge is 2.29. The Morgan fingerprint density at radius 3 is 2.14 bits per heavy atom. The number of fused-ring (bicyclic) bond motifs is 1. The van der Waals surface area contributed by atoms with Gasteiger partial charge in [-0.25, -0.2) is 18.9 Å². The first kappa shape index (κ1) is 26.7. The maximum Gasteiger partial charge on any atom is 0.390 e. The van der Waals surface area contributed by atoms with Gasteiger partial charge in [-0.2, -0.15) is 13.2 Å². The van der Waals surface area contributed by atoms with Crippen LogP contribution in [0.1, 0.15) is 17.8 Å². The minimum Gasteiger partial charge on any atom is -0.390 e. The molecule has 10 radical (unpaired) electrons. The Kier molecular flexibility index (Phi) is 6.83. The number of hydrogen-bond donors (Lipinski definition) is 2. The molecule has 1 aromatic carbocycles. The third-order valence-corrected chi connectivity index (χ3v) is 5.76. The molecule has 3 N–H and O–H groups in total. The molecule has 16 heteroatoms. The van der Waals surface area contributed by atoms with Gasteiger partial charge in [0, 0.05) is 5.69 Å². The number of nitrogen functional groups attached to an aromatic ring is 1. The standard InChI is InChI=1S/C21H14B5F3N6O2/c1-7-4-8(5-9(6-36)31-7)10-17(11-12(22)14(24)16(26)15(25)13(11)23)32-19(30)35-18(10)33-34(20(35)37)3-2-21(27,28)29/h4-5,36H,2-3,6H2,1H3,(H2,30,32). The van der Waals surface area contributed by atoms with E-state index in [1.807, 2.05) is 0 Å². The van der Waals surface area contributed by atoms with Gasteiger partial charge in [-0.05, 0) is 30.2 Å². The largest absolute Gasteiger partial charge is 0.390 e. The lowest BCUT2D eigenvalue weighted by atomic mass is 9.60. The summed E-state index contributed by atoms with van der Waals surface area (Å²) in [6, 6.07) is 3.07. The molecule has 0 unspecified atom stereocenters. The number of hydrogen-bond acceptors (Lipinski definition) is 6. The minimum absolute atomic E-state index is 0.0131. The summed E-state index contributed by atoms with van der Waals surface area (Å²) in [5.74, 6) is -0.405. The molecule has 37 heavy (non-hydrogen) atoms. The molecular weight excluding hydrogens is 479 g/mol. The first-order chi connectivity index (χ1) is 17.2. The van der Waals surface area contributed by atoms with E-state index in [2.05, 4.69) is 15.1 Å². The highest BCUT2D eigenvalue weighted by molar-refractivity contribution is 6.68. The van der Waals surface area contributed by atoms with Crippen LogP contribution in [0.4, 0.5) is 19.1 Å². The number of anilines is 1. The lowest BCUT2D eigenvalue weighted by Crippen LogP contribution is -2.55. The molecule has 0 aliphatic rings. The third-order valence-electron chi connectivity index (χ3n) is 5.76. The van der Waals surface area contributed by atoms with E-state index >= 15 is 0 Å². The predicted octanol–water partition coefficient (Wildman–Crippen LogP) is -3.08. The van der Waals surface area contributed by atoms with Crippen molar-refractivity contribution < 1.29 is 18.3 Å². The minimum atomic E-state index is -4.53. The summed E-state index contributed by atoms with van der Waals surface area (Å²) in [5, 5.41) is 13.8. The van der Waals surface area contributed by atoms with E-state index in [0.717, 1.165) is 4.40 Å². The van der Waals surface area contributed by atoms with Crippen LogP contribution < -0.4 is 38.7 Å². The van der Waals surface area contributed by atoms with Crippen molar-refractivity contribution in [2.75, 3.05) is 5.73 Å². The van der Waals surface area contributed by atoms with Crippen molar-refractivity contribution in [3.8, 4) is 22.4 Å². The van der Waals surface area contributed by atoms with Crippen LogP contribution in [0.25, 0.3) is 28.0 Å². The summed E-state index contributed by atoms with van der Waals surface area (Å²) in [6.45, 7) is 0.462. The number of aliphatic hydroxyl groups is 1. The smallest absolute Gasteiger partial charge is 0.390 e. The summed E-state index contributed by atoms with van der Waals surface area (Å²) in [7, 11) is 30.5. The molecule has 0 bridgehead atoms. The maximum atomic E-state index is 13.0. The van der Waals surface area contributed by atoms with E-state index in [1.165, 1.54) is 6.07 Å². The van der Waals surface area contributed by atoms with E-state index < -0.39 is 37.4 Å². The number of alkyl halides is 3. The average molecular weight is 493 g/mol. The normalized spacial score (nSPS) is 11.9. The van der Waals surface area contributed by atoms with Gasteiger partial charge in [0.25, 0.3) is 0 Å². The summed E-state index contributed by atoms with van der Waals surface area (Å²) in [6.07, 6.45) is -5.84. The number of nitrogens with zero attached hydrogens (tertiary/aromatic N) is 5. The Labute approximate surface area is 215 Å². The van der Waals surface area contributed by atoms with Gasteiger partial charge in [-0.1, -0.05) is 10.9 Å². The fourth-order valence-electron chi connectivity index (χ4n) is 3.99. The molecule has 3 aromatic heterocycles. The topological polar surface area (TPSA) is 111 Å². The van der Waals surface area contributed by atoms with Crippen LogP contribution in [0.15, 0.2) is 16.9 Å². The van der Waals surface area contributed by atoms with Crippen LogP contribution in [0.2, 0.25) is 0 Å². The second kappa shape index (κ2) is 9.48. The molecule has 4 aromatic rings. The van der Waals surface area contributed by atoms with Crippen molar-refractivity contribution in [2.45, 2.75) is 32.7 Å². The molecule has 8 nitrogen and oxygen atoms in total. The highest BCUT2D eigenvalue weighted by Crippen LogP contribution is 2.33. The monoisotopic (exact) mass is 494 g/mol. The Balaban J connectivity index is 2.17. The summed E-state index contributed by atoms with van der Waals surface area (Å²) < 4.78 is 40.1. The van der Waals surface area contributed by atoms with Gasteiger partial charge in [-0.15, -0.1) is 21.5 Å². The van der Waals surface area contributed by atoms with Crippen molar-refractivity contribution >= 4 is 78.1 Å². The fourth-order valence-corrected chi connectivity index (χ4v) is 3.99. The zero-order valence-corrected chi connectivity index (χ0v) is 19.5. The Morgan fingerprint density at radius 2 is 1.57 bits per heavy atom. The number of nitrogens with two attached hydrogens (primary N) is 1. The summed E-state index contributed by atoms with van der Waals surface area (Å²) in [5.41, 5.74) is 5.81. The van der Waals surface area contributed by atoms with E-state index in [0.29, 0.717) is 15.9 Å². The fraction of sp³-hybridized carbons (Fsp3) is 0.238. The van der Waals surface area contributed by atoms with Gasteiger partial charge < -0.3 is 10.8 Å². The maximum absolute atomic E-state index is 13.0. The summed E-state index contributed by atoms with van der Waals surface area (Å²) in [4.78, 5) is 21.5. The van der Waals surface area contributed by atoms with Crippen molar-refractivity contribution in [3.63, 3.8) is 0 Å². The molecule has 4 rings (SSSR count). The second-order valence-corrected chi connectivity index (χ2v) is 8.31. The van der Waals surface area contributed by atoms with Gasteiger partial charge in [0.2, 0.25) is 5.95 Å². The first-order valence-corrected chi connectivity index (χ1v) is 10.7. The molecular formula is C21H14B5F3N6O2. The second-order valence-electron chi connectivity index (χ2n) is 8.31. The number of aromatic nitrogens is 5. The molecule has 0 aliphatic carbocycles. The van der Waals surface area contributed by atoms with E-state index in [4.69, 9.17) is 45.0 Å². The SMILES string of the molecule is [B]c1c([B])c([B])c(-c2nc(N)n3c(=O)n(CCC(F)(F)F)nc3c2-c2cc(C)nc(CO)c2)c([B])c1[B]. The molecule has 0 atom stereocenters. The Bertz CT molecular complexity index is 1590. The first-order valence-electron chi connectivity index (χ1n) is 10.7. The molecule has 0 saturated carbocycles. The predicted molar refractivity (Wildman–Crippen MR) is 139 cm³/mol. The van der Waals surface area contributed by atoms with Crippen molar-refractivity contribution in [3.05, 3.63) is 34.0 Å². The zero-order valence-electron chi connectivity index (χ0n) is 19.5. The van der Waals surface area contributed by atoms with Crippen LogP contribution in [-0.2, 0) is 13.2 Å².